The van der Waals surface area contributed by atoms with Crippen molar-refractivity contribution in [2.75, 3.05) is 5.32 Å². The molecule has 116 valence electrons. The highest BCUT2D eigenvalue weighted by atomic mass is 16.1. The van der Waals surface area contributed by atoms with Crippen molar-refractivity contribution in [2.45, 2.75) is 0 Å². The molecule has 5 heteroatoms. The lowest BCUT2D eigenvalue weighted by molar-refractivity contribution is 0.101. The van der Waals surface area contributed by atoms with Gasteiger partial charge in [-0.05, 0) is 17.7 Å². The van der Waals surface area contributed by atoms with Crippen LogP contribution in [0, 0.1) is 22.7 Å². The van der Waals surface area contributed by atoms with Gasteiger partial charge in [0.2, 0.25) is 5.78 Å². The molecule has 25 heavy (non-hydrogen) atoms. The van der Waals surface area contributed by atoms with E-state index in [1.807, 2.05) is 12.1 Å². The average molecular weight is 323 g/mol. The Labute approximate surface area is 143 Å². The number of rotatable bonds is 0. The van der Waals surface area contributed by atoms with Gasteiger partial charge in [0.15, 0.2) is 5.78 Å². The van der Waals surface area contributed by atoms with Gasteiger partial charge < -0.3 is 5.32 Å². The fraction of sp³-hybridized carbons (Fsp3) is 0. The molecule has 0 amide bonds. The topological polar surface area (TPSA) is 93.8 Å². The van der Waals surface area contributed by atoms with Crippen LogP contribution < -0.4 is 5.32 Å². The van der Waals surface area contributed by atoms with Crippen molar-refractivity contribution >= 4 is 22.8 Å². The fourth-order valence-corrected chi connectivity index (χ4v) is 3.21. The first-order valence-corrected chi connectivity index (χ1v) is 7.51. The summed E-state index contributed by atoms with van der Waals surface area (Å²) in [5.41, 5.74) is 2.17. The Kier molecular flexibility index (Phi) is 3.10. The summed E-state index contributed by atoms with van der Waals surface area (Å²) in [6.07, 6.45) is 0. The van der Waals surface area contributed by atoms with Crippen LogP contribution >= 0.6 is 0 Å². The van der Waals surface area contributed by atoms with E-state index in [1.54, 1.807) is 48.5 Å². The number of benzene rings is 2. The number of allylic oxidation sites excluding steroid dienone is 4. The maximum absolute atomic E-state index is 12.9. The summed E-state index contributed by atoms with van der Waals surface area (Å²) in [7, 11) is 0. The monoisotopic (exact) mass is 323 g/mol. The van der Waals surface area contributed by atoms with E-state index >= 15 is 0 Å². The molecule has 2 aliphatic rings. The number of carbonyl (C=O) groups is 2. The third kappa shape index (κ3) is 1.94. The molecule has 1 aliphatic heterocycles. The first kappa shape index (κ1) is 14.6. The van der Waals surface area contributed by atoms with Gasteiger partial charge in [-0.1, -0.05) is 36.4 Å². The van der Waals surface area contributed by atoms with E-state index in [1.165, 1.54) is 0 Å². The van der Waals surface area contributed by atoms with Gasteiger partial charge in [0.25, 0.3) is 0 Å². The number of anilines is 1. The molecule has 0 bridgehead atoms. The van der Waals surface area contributed by atoms with Crippen LogP contribution in [-0.2, 0) is 0 Å². The van der Waals surface area contributed by atoms with Gasteiger partial charge in [0, 0.05) is 22.4 Å². The first-order valence-electron chi connectivity index (χ1n) is 7.51. The van der Waals surface area contributed by atoms with E-state index in [-0.39, 0.29) is 34.0 Å². The second-order valence-electron chi connectivity index (χ2n) is 5.60. The number of Topliss-reactive ketones (excluding diaryl/α,β-unsaturated/α-hetero) is 2. The van der Waals surface area contributed by atoms with Crippen LogP contribution in [0.1, 0.15) is 26.3 Å². The highest BCUT2D eigenvalue weighted by Gasteiger charge is 2.39. The number of nitriles is 2. The van der Waals surface area contributed by atoms with E-state index in [2.05, 4.69) is 5.32 Å². The molecule has 2 aromatic rings. The number of hydrogen-bond donors (Lipinski definition) is 1. The van der Waals surface area contributed by atoms with E-state index < -0.39 is 0 Å². The van der Waals surface area contributed by atoms with Crippen LogP contribution in [-0.4, -0.2) is 11.6 Å². The summed E-state index contributed by atoms with van der Waals surface area (Å²) in [5.74, 6) is -0.684. The highest BCUT2D eigenvalue weighted by Crippen LogP contribution is 2.42. The second-order valence-corrected chi connectivity index (χ2v) is 5.60. The Bertz CT molecular complexity index is 1110. The molecule has 0 unspecified atom stereocenters. The summed E-state index contributed by atoms with van der Waals surface area (Å²) in [4.78, 5) is 25.7. The normalized spacial score (nSPS) is 17.4. The predicted octanol–water partition coefficient (Wildman–Crippen LogP) is 3.25. The molecular formula is C20H9N3O2. The number of ketones is 2. The Hall–Kier alpha value is -3.96. The predicted molar refractivity (Wildman–Crippen MR) is 90.3 cm³/mol. The lowest BCUT2D eigenvalue weighted by Crippen LogP contribution is -2.10. The molecule has 5 nitrogen and oxygen atoms in total. The third-order valence-corrected chi connectivity index (χ3v) is 4.30. The van der Waals surface area contributed by atoms with Crippen molar-refractivity contribution in [2.24, 2.45) is 0 Å². The van der Waals surface area contributed by atoms with Crippen LogP contribution in [0.2, 0.25) is 0 Å². The number of carbonyl (C=O) groups excluding carboxylic acids is 2. The van der Waals surface area contributed by atoms with Gasteiger partial charge in [0.05, 0.1) is 11.3 Å². The summed E-state index contributed by atoms with van der Waals surface area (Å²) in [5, 5.41) is 21.6. The highest BCUT2D eigenvalue weighted by molar-refractivity contribution is 6.33. The number of para-hydroxylation sites is 1. The minimum Gasteiger partial charge on any atom is -0.351 e. The van der Waals surface area contributed by atoms with Crippen LogP contribution in [0.3, 0.4) is 0 Å². The smallest absolute Gasteiger partial charge is 0.212 e. The van der Waals surface area contributed by atoms with E-state index in [4.69, 9.17) is 0 Å². The molecule has 0 radical (unpaired) electrons. The Balaban J connectivity index is 2.05. The van der Waals surface area contributed by atoms with Crippen molar-refractivity contribution in [1.82, 2.24) is 0 Å². The van der Waals surface area contributed by atoms with Crippen molar-refractivity contribution in [1.29, 1.82) is 10.5 Å². The van der Waals surface area contributed by atoms with E-state index in [9.17, 15) is 20.1 Å². The number of nitrogens with zero attached hydrogens (tertiary/aromatic N) is 2. The van der Waals surface area contributed by atoms with Crippen LogP contribution in [0.25, 0.3) is 5.57 Å². The molecule has 1 N–H and O–H groups in total. The Morgan fingerprint density at radius 1 is 0.800 bits per heavy atom. The molecule has 0 spiro atoms. The van der Waals surface area contributed by atoms with Gasteiger partial charge >= 0.3 is 0 Å². The molecule has 2 aromatic carbocycles. The Morgan fingerprint density at radius 3 is 2.04 bits per heavy atom. The lowest BCUT2D eigenvalue weighted by Gasteiger charge is -2.06. The molecule has 1 heterocycles. The number of hydrogen-bond acceptors (Lipinski definition) is 5. The molecule has 4 rings (SSSR count). The molecular weight excluding hydrogens is 314 g/mol. The zero-order valence-corrected chi connectivity index (χ0v) is 12.8. The van der Waals surface area contributed by atoms with Crippen molar-refractivity contribution < 1.29 is 9.59 Å². The standard InChI is InChI=1S/C20H9N3O2/c21-9-11(10-22)16-12-5-1-2-6-13(12)19(24)17(16)18-20(25)14-7-3-4-8-15(14)23-18/h1-8,23H/b18-17+. The van der Waals surface area contributed by atoms with Crippen molar-refractivity contribution in [3.63, 3.8) is 0 Å². The van der Waals surface area contributed by atoms with Crippen molar-refractivity contribution in [3.05, 3.63) is 82.1 Å². The van der Waals surface area contributed by atoms with E-state index in [0.29, 0.717) is 22.4 Å². The summed E-state index contributed by atoms with van der Waals surface area (Å²) < 4.78 is 0. The summed E-state index contributed by atoms with van der Waals surface area (Å²) in [6, 6.07) is 17.4. The zero-order chi connectivity index (χ0) is 17.6. The molecule has 0 atom stereocenters. The lowest BCUT2D eigenvalue weighted by atomic mass is 9.97. The Morgan fingerprint density at radius 2 is 1.40 bits per heavy atom. The van der Waals surface area contributed by atoms with Gasteiger partial charge in [-0.2, -0.15) is 10.5 Å². The SMILES string of the molecule is N#CC(C#N)=C1/C(=C2\Nc3ccccc3C2=O)C(=O)c2ccccc21. The van der Waals surface area contributed by atoms with Gasteiger partial charge in [-0.25, -0.2) is 0 Å². The van der Waals surface area contributed by atoms with Crippen LogP contribution in [0.15, 0.2) is 65.4 Å². The third-order valence-electron chi connectivity index (χ3n) is 4.30. The summed E-state index contributed by atoms with van der Waals surface area (Å²) >= 11 is 0. The van der Waals surface area contributed by atoms with Crippen LogP contribution in [0.4, 0.5) is 5.69 Å². The molecule has 0 saturated heterocycles. The quantitative estimate of drug-likeness (QED) is 0.593. The molecule has 1 aliphatic carbocycles. The van der Waals surface area contributed by atoms with Gasteiger partial charge in [-0.3, -0.25) is 9.59 Å². The maximum Gasteiger partial charge on any atom is 0.212 e. The molecule has 0 aromatic heterocycles. The number of fused-ring (bicyclic) bond motifs is 2. The maximum atomic E-state index is 12.9. The minimum atomic E-state index is -0.364. The van der Waals surface area contributed by atoms with Crippen molar-refractivity contribution in [3.8, 4) is 12.1 Å². The fourth-order valence-electron chi connectivity index (χ4n) is 3.21. The largest absolute Gasteiger partial charge is 0.351 e. The second kappa shape index (κ2) is 5.30. The molecule has 0 fully saturated rings. The minimum absolute atomic E-state index is 0.0838. The first-order chi connectivity index (χ1) is 12.2. The zero-order valence-electron chi connectivity index (χ0n) is 12.8. The molecule has 0 saturated carbocycles. The summed E-state index contributed by atoms with van der Waals surface area (Å²) in [6.45, 7) is 0. The average Bonchev–Trinajstić information content (AvgIpc) is 3.12. The number of nitrogens with one attached hydrogen (secondary N) is 1. The van der Waals surface area contributed by atoms with Gasteiger partial charge in [-0.15, -0.1) is 0 Å². The van der Waals surface area contributed by atoms with Crippen LogP contribution in [0.5, 0.6) is 0 Å². The van der Waals surface area contributed by atoms with Gasteiger partial charge in [0.1, 0.15) is 17.7 Å². The van der Waals surface area contributed by atoms with E-state index in [0.717, 1.165) is 0 Å².